The van der Waals surface area contributed by atoms with Crippen LogP contribution in [0.3, 0.4) is 0 Å². The van der Waals surface area contributed by atoms with Gasteiger partial charge < -0.3 is 15.0 Å². The molecule has 1 fully saturated rings. The van der Waals surface area contributed by atoms with E-state index in [0.717, 1.165) is 26.1 Å². The zero-order chi connectivity index (χ0) is 18.3. The van der Waals surface area contributed by atoms with Crippen molar-refractivity contribution in [1.82, 2.24) is 15.1 Å². The average Bonchev–Trinajstić information content (AvgIpc) is 3.05. The van der Waals surface area contributed by atoms with Crippen molar-refractivity contribution in [3.05, 3.63) is 22.4 Å². The van der Waals surface area contributed by atoms with Crippen molar-refractivity contribution in [1.29, 1.82) is 0 Å². The highest BCUT2D eigenvalue weighted by Crippen LogP contribution is 2.12. The molecule has 2 heterocycles. The molecule has 1 aliphatic rings. The van der Waals surface area contributed by atoms with Crippen molar-refractivity contribution in [2.45, 2.75) is 39.2 Å². The lowest BCUT2D eigenvalue weighted by molar-refractivity contribution is -0.121. The molecule has 2 amide bonds. The number of carbonyl (C=O) groups is 2. The molecule has 1 saturated heterocycles. The summed E-state index contributed by atoms with van der Waals surface area (Å²) in [6.07, 6.45) is 1.10. The Balaban J connectivity index is 1.57. The Kier molecular flexibility index (Phi) is 7.25. The first kappa shape index (κ1) is 19.7. The van der Waals surface area contributed by atoms with Gasteiger partial charge in [-0.1, -0.05) is 6.07 Å². The molecule has 0 atom stereocenters. The summed E-state index contributed by atoms with van der Waals surface area (Å²) in [7, 11) is 0. The van der Waals surface area contributed by atoms with E-state index in [1.165, 1.54) is 4.88 Å². The topological polar surface area (TPSA) is 61.9 Å². The lowest BCUT2D eigenvalue weighted by Crippen LogP contribution is -2.51. The predicted molar refractivity (Wildman–Crippen MR) is 99.9 cm³/mol. The van der Waals surface area contributed by atoms with Gasteiger partial charge >= 0.3 is 6.09 Å². The largest absolute Gasteiger partial charge is 0.444 e. The van der Waals surface area contributed by atoms with E-state index in [1.54, 1.807) is 16.2 Å². The van der Waals surface area contributed by atoms with E-state index in [0.29, 0.717) is 26.1 Å². The average molecular weight is 368 g/mol. The molecule has 1 aromatic heterocycles. The Morgan fingerprint density at radius 2 is 1.96 bits per heavy atom. The zero-order valence-corrected chi connectivity index (χ0v) is 16.2. The van der Waals surface area contributed by atoms with E-state index >= 15 is 0 Å². The molecule has 0 radical (unpaired) electrons. The summed E-state index contributed by atoms with van der Waals surface area (Å²) in [5, 5.41) is 5.01. The van der Waals surface area contributed by atoms with Crippen LogP contribution in [0.2, 0.25) is 0 Å². The van der Waals surface area contributed by atoms with Crippen LogP contribution in [0.5, 0.6) is 0 Å². The Morgan fingerprint density at radius 3 is 2.56 bits per heavy atom. The summed E-state index contributed by atoms with van der Waals surface area (Å²) in [4.78, 5) is 29.1. The maximum Gasteiger partial charge on any atom is 0.410 e. The first-order chi connectivity index (χ1) is 11.8. The van der Waals surface area contributed by atoms with Crippen molar-refractivity contribution in [3.63, 3.8) is 0 Å². The van der Waals surface area contributed by atoms with Crippen LogP contribution in [-0.2, 0) is 16.0 Å². The fourth-order valence-electron chi connectivity index (χ4n) is 2.61. The monoisotopic (exact) mass is 367 g/mol. The Morgan fingerprint density at radius 1 is 1.24 bits per heavy atom. The van der Waals surface area contributed by atoms with E-state index in [9.17, 15) is 9.59 Å². The number of hydrogen-bond acceptors (Lipinski definition) is 5. The minimum Gasteiger partial charge on any atom is -0.444 e. The van der Waals surface area contributed by atoms with Gasteiger partial charge in [-0.2, -0.15) is 0 Å². The van der Waals surface area contributed by atoms with Crippen LogP contribution in [0.25, 0.3) is 0 Å². The minimum atomic E-state index is -0.457. The van der Waals surface area contributed by atoms with Gasteiger partial charge in [0, 0.05) is 50.6 Å². The van der Waals surface area contributed by atoms with Gasteiger partial charge in [-0.25, -0.2) is 4.79 Å². The fourth-order valence-corrected chi connectivity index (χ4v) is 3.32. The number of hydrogen-bond donors (Lipinski definition) is 1. The van der Waals surface area contributed by atoms with E-state index in [-0.39, 0.29) is 12.0 Å². The van der Waals surface area contributed by atoms with Crippen molar-refractivity contribution in [2.75, 3.05) is 39.3 Å². The van der Waals surface area contributed by atoms with Gasteiger partial charge in [0.1, 0.15) is 5.60 Å². The number of thiophene rings is 1. The highest BCUT2D eigenvalue weighted by atomic mass is 32.1. The van der Waals surface area contributed by atoms with Gasteiger partial charge in [0.05, 0.1) is 0 Å². The van der Waals surface area contributed by atoms with Gasteiger partial charge in [-0.05, 0) is 38.6 Å². The highest BCUT2D eigenvalue weighted by molar-refractivity contribution is 7.09. The summed E-state index contributed by atoms with van der Waals surface area (Å²) in [6, 6.07) is 4.07. The molecule has 2 rings (SSSR count). The Labute approximate surface area is 154 Å². The van der Waals surface area contributed by atoms with Gasteiger partial charge in [0.15, 0.2) is 0 Å². The van der Waals surface area contributed by atoms with Crippen LogP contribution >= 0.6 is 11.3 Å². The quantitative estimate of drug-likeness (QED) is 0.838. The van der Waals surface area contributed by atoms with Crippen molar-refractivity contribution in [3.8, 4) is 0 Å². The summed E-state index contributed by atoms with van der Waals surface area (Å²) >= 11 is 1.69. The second-order valence-corrected chi connectivity index (χ2v) is 8.27. The maximum atomic E-state index is 12.0. The maximum absolute atomic E-state index is 12.0. The van der Waals surface area contributed by atoms with Crippen LogP contribution < -0.4 is 5.32 Å². The van der Waals surface area contributed by atoms with Crippen molar-refractivity contribution >= 4 is 23.3 Å². The number of aryl methyl sites for hydroxylation is 1. The molecule has 0 aromatic carbocycles. The number of rotatable bonds is 6. The predicted octanol–water partition coefficient (Wildman–Crippen LogP) is 2.35. The first-order valence-corrected chi connectivity index (χ1v) is 9.71. The molecule has 7 heteroatoms. The molecular weight excluding hydrogens is 338 g/mol. The van der Waals surface area contributed by atoms with E-state index < -0.39 is 5.60 Å². The molecule has 0 aliphatic carbocycles. The highest BCUT2D eigenvalue weighted by Gasteiger charge is 2.25. The molecule has 25 heavy (non-hydrogen) atoms. The van der Waals surface area contributed by atoms with Crippen LogP contribution in [0, 0.1) is 0 Å². The lowest BCUT2D eigenvalue weighted by Gasteiger charge is -2.35. The third kappa shape index (κ3) is 7.44. The van der Waals surface area contributed by atoms with Crippen molar-refractivity contribution < 1.29 is 14.3 Å². The molecule has 6 nitrogen and oxygen atoms in total. The second-order valence-electron chi connectivity index (χ2n) is 7.24. The summed E-state index contributed by atoms with van der Waals surface area (Å²) in [5.41, 5.74) is -0.457. The Hall–Kier alpha value is -1.60. The summed E-state index contributed by atoms with van der Waals surface area (Å²) < 4.78 is 5.39. The SMILES string of the molecule is CC(C)(C)OC(=O)N1CCN(CCNC(=O)CCc2cccs2)CC1. The normalized spacial score (nSPS) is 15.9. The zero-order valence-electron chi connectivity index (χ0n) is 15.4. The van der Waals surface area contributed by atoms with E-state index in [1.807, 2.05) is 32.2 Å². The van der Waals surface area contributed by atoms with Crippen LogP contribution in [0.4, 0.5) is 4.79 Å². The lowest BCUT2D eigenvalue weighted by atomic mass is 10.2. The molecule has 0 spiro atoms. The minimum absolute atomic E-state index is 0.0980. The van der Waals surface area contributed by atoms with Crippen molar-refractivity contribution in [2.24, 2.45) is 0 Å². The van der Waals surface area contributed by atoms with Crippen LogP contribution in [0.1, 0.15) is 32.1 Å². The molecule has 0 bridgehead atoms. The number of ether oxygens (including phenoxy) is 1. The summed E-state index contributed by atoms with van der Waals surface area (Å²) in [6.45, 7) is 10.0. The molecule has 1 aromatic rings. The van der Waals surface area contributed by atoms with Gasteiger partial charge in [0.2, 0.25) is 5.91 Å². The van der Waals surface area contributed by atoms with Gasteiger partial charge in [0.25, 0.3) is 0 Å². The van der Waals surface area contributed by atoms with Crippen LogP contribution in [-0.4, -0.2) is 66.7 Å². The fraction of sp³-hybridized carbons (Fsp3) is 0.667. The van der Waals surface area contributed by atoms with E-state index in [4.69, 9.17) is 4.74 Å². The number of nitrogens with one attached hydrogen (secondary N) is 1. The molecule has 140 valence electrons. The molecule has 0 saturated carbocycles. The Bertz CT molecular complexity index is 546. The molecular formula is C18H29N3O3S. The third-order valence-corrected chi connectivity index (χ3v) is 4.89. The number of amides is 2. The second kappa shape index (κ2) is 9.20. The summed E-state index contributed by atoms with van der Waals surface area (Å²) in [5.74, 6) is 0.0980. The van der Waals surface area contributed by atoms with E-state index in [2.05, 4.69) is 16.3 Å². The number of piperazine rings is 1. The standard InChI is InChI=1S/C18H29N3O3S/c1-18(2,3)24-17(23)21-12-10-20(11-13-21)9-8-19-16(22)7-6-15-5-4-14-25-15/h4-5,14H,6-13H2,1-3H3,(H,19,22). The first-order valence-electron chi connectivity index (χ1n) is 8.83. The molecule has 1 aliphatic heterocycles. The number of nitrogens with zero attached hydrogens (tertiary/aromatic N) is 2. The van der Waals surface area contributed by atoms with Crippen LogP contribution in [0.15, 0.2) is 17.5 Å². The van der Waals surface area contributed by atoms with Gasteiger partial charge in [-0.3, -0.25) is 9.69 Å². The number of carbonyl (C=O) groups excluding carboxylic acids is 2. The molecule has 1 N–H and O–H groups in total. The molecule has 0 unspecified atom stereocenters. The smallest absolute Gasteiger partial charge is 0.410 e. The van der Waals surface area contributed by atoms with Gasteiger partial charge in [-0.15, -0.1) is 11.3 Å². The third-order valence-electron chi connectivity index (χ3n) is 3.95.